The van der Waals surface area contributed by atoms with Crippen LogP contribution in [0.25, 0.3) is 17.1 Å². The predicted molar refractivity (Wildman–Crippen MR) is 103 cm³/mol. The number of amides is 1. The summed E-state index contributed by atoms with van der Waals surface area (Å²) in [5.74, 6) is 0.812. The second-order valence-corrected chi connectivity index (χ2v) is 5.76. The van der Waals surface area contributed by atoms with Crippen LogP contribution in [0.4, 0.5) is 0 Å². The van der Waals surface area contributed by atoms with Crippen LogP contribution in [0, 0.1) is 0 Å². The first-order valence-electron chi connectivity index (χ1n) is 8.41. The summed E-state index contributed by atoms with van der Waals surface area (Å²) in [5, 5.41) is 7.15. The van der Waals surface area contributed by atoms with Crippen LogP contribution < -0.4 is 15.7 Å². The topological polar surface area (TPSA) is 78.2 Å². The maximum atomic E-state index is 13.0. The van der Waals surface area contributed by atoms with E-state index in [-0.39, 0.29) is 12.5 Å². The summed E-state index contributed by atoms with van der Waals surface area (Å²) in [6.45, 7) is 3.77. The smallest absolute Gasteiger partial charge is 0.351 e. The van der Waals surface area contributed by atoms with Crippen LogP contribution in [0.15, 0.2) is 72.0 Å². The number of hydrogen-bond donors (Lipinski definition) is 1. The van der Waals surface area contributed by atoms with E-state index in [0.29, 0.717) is 23.8 Å². The van der Waals surface area contributed by atoms with Crippen molar-refractivity contribution in [3.05, 3.63) is 77.7 Å². The SMILES string of the molecule is C=CCNC(=O)Cn1c(-c2ccccc2)nn(-c2ccc(OC)cc2)c1=O. The molecule has 0 aliphatic carbocycles. The number of benzene rings is 2. The van der Waals surface area contributed by atoms with Crippen molar-refractivity contribution in [3.8, 4) is 22.8 Å². The molecule has 1 aromatic heterocycles. The molecule has 27 heavy (non-hydrogen) atoms. The standard InChI is InChI=1S/C20H20N4O3/c1-3-13-21-18(25)14-23-19(15-7-5-4-6-8-15)22-24(20(23)26)16-9-11-17(27-2)12-10-16/h3-12H,1,13-14H2,2H3,(H,21,25). The van der Waals surface area contributed by atoms with Gasteiger partial charge < -0.3 is 10.1 Å². The summed E-state index contributed by atoms with van der Waals surface area (Å²) in [5.41, 5.74) is 0.939. The molecule has 2 aromatic carbocycles. The molecule has 0 aliphatic rings. The lowest BCUT2D eigenvalue weighted by Crippen LogP contribution is -2.33. The zero-order chi connectivity index (χ0) is 19.2. The zero-order valence-electron chi connectivity index (χ0n) is 15.0. The number of aromatic nitrogens is 3. The summed E-state index contributed by atoms with van der Waals surface area (Å²) < 4.78 is 7.79. The van der Waals surface area contributed by atoms with Crippen LogP contribution in [0.5, 0.6) is 5.75 Å². The monoisotopic (exact) mass is 364 g/mol. The van der Waals surface area contributed by atoms with Crippen LogP contribution >= 0.6 is 0 Å². The lowest BCUT2D eigenvalue weighted by Gasteiger charge is -2.05. The highest BCUT2D eigenvalue weighted by Gasteiger charge is 2.18. The molecule has 0 saturated heterocycles. The third-order valence-electron chi connectivity index (χ3n) is 3.96. The van der Waals surface area contributed by atoms with Gasteiger partial charge in [0, 0.05) is 12.1 Å². The van der Waals surface area contributed by atoms with Crippen LogP contribution in [0.3, 0.4) is 0 Å². The number of carbonyl (C=O) groups is 1. The fourth-order valence-electron chi connectivity index (χ4n) is 2.62. The third-order valence-corrected chi connectivity index (χ3v) is 3.96. The molecule has 1 heterocycles. The van der Waals surface area contributed by atoms with E-state index in [2.05, 4.69) is 17.0 Å². The lowest BCUT2D eigenvalue weighted by molar-refractivity contribution is -0.121. The number of ether oxygens (including phenoxy) is 1. The van der Waals surface area contributed by atoms with Gasteiger partial charge in [-0.3, -0.25) is 9.36 Å². The van der Waals surface area contributed by atoms with Gasteiger partial charge in [0.15, 0.2) is 5.82 Å². The summed E-state index contributed by atoms with van der Waals surface area (Å²) in [6.07, 6.45) is 1.58. The maximum absolute atomic E-state index is 13.0. The number of carbonyl (C=O) groups excluding carboxylic acids is 1. The number of methoxy groups -OCH3 is 1. The normalized spacial score (nSPS) is 10.4. The minimum atomic E-state index is -0.396. The molecule has 0 fully saturated rings. The summed E-state index contributed by atoms with van der Waals surface area (Å²) >= 11 is 0. The van der Waals surface area contributed by atoms with Gasteiger partial charge in [0.05, 0.1) is 12.8 Å². The molecule has 1 amide bonds. The Hall–Kier alpha value is -3.61. The first kappa shape index (κ1) is 18.2. The van der Waals surface area contributed by atoms with E-state index in [1.165, 1.54) is 9.25 Å². The molecule has 7 nitrogen and oxygen atoms in total. The highest BCUT2D eigenvalue weighted by Crippen LogP contribution is 2.18. The van der Waals surface area contributed by atoms with Crippen molar-refractivity contribution >= 4 is 5.91 Å². The largest absolute Gasteiger partial charge is 0.497 e. The fourth-order valence-corrected chi connectivity index (χ4v) is 2.62. The van der Waals surface area contributed by atoms with Crippen molar-refractivity contribution in [2.45, 2.75) is 6.54 Å². The van der Waals surface area contributed by atoms with Gasteiger partial charge in [-0.1, -0.05) is 36.4 Å². The Morgan fingerprint density at radius 2 is 1.89 bits per heavy atom. The molecule has 7 heteroatoms. The number of nitrogens with zero attached hydrogens (tertiary/aromatic N) is 3. The molecule has 0 radical (unpaired) electrons. The predicted octanol–water partition coefficient (Wildman–Crippen LogP) is 2.01. The van der Waals surface area contributed by atoms with Crippen molar-refractivity contribution in [1.82, 2.24) is 19.7 Å². The Balaban J connectivity index is 2.06. The lowest BCUT2D eigenvalue weighted by atomic mass is 10.2. The molecule has 0 bridgehead atoms. The second kappa shape index (κ2) is 8.18. The molecule has 1 N–H and O–H groups in total. The van der Waals surface area contributed by atoms with E-state index in [1.54, 1.807) is 37.5 Å². The van der Waals surface area contributed by atoms with Crippen molar-refractivity contribution in [2.24, 2.45) is 0 Å². The minimum absolute atomic E-state index is 0.132. The van der Waals surface area contributed by atoms with Gasteiger partial charge in [-0.25, -0.2) is 4.79 Å². The molecular weight excluding hydrogens is 344 g/mol. The molecular formula is C20H20N4O3. The molecule has 0 unspecified atom stereocenters. The summed E-state index contributed by atoms with van der Waals surface area (Å²) in [7, 11) is 1.57. The van der Waals surface area contributed by atoms with Crippen molar-refractivity contribution in [2.75, 3.05) is 13.7 Å². The Morgan fingerprint density at radius 3 is 2.52 bits per heavy atom. The second-order valence-electron chi connectivity index (χ2n) is 5.76. The van der Waals surface area contributed by atoms with E-state index in [4.69, 9.17) is 4.74 Å². The average molecular weight is 364 g/mol. The molecule has 0 spiro atoms. The fraction of sp³-hybridized carbons (Fsp3) is 0.150. The number of rotatable bonds is 7. The van der Waals surface area contributed by atoms with Crippen LogP contribution in [-0.4, -0.2) is 33.9 Å². The maximum Gasteiger partial charge on any atom is 0.351 e. The van der Waals surface area contributed by atoms with Crippen molar-refractivity contribution in [3.63, 3.8) is 0 Å². The Labute approximate surface area is 156 Å². The van der Waals surface area contributed by atoms with Gasteiger partial charge >= 0.3 is 5.69 Å². The number of hydrogen-bond acceptors (Lipinski definition) is 4. The Kier molecular flexibility index (Phi) is 5.51. The highest BCUT2D eigenvalue weighted by molar-refractivity contribution is 5.76. The number of nitrogens with one attached hydrogen (secondary N) is 1. The van der Waals surface area contributed by atoms with Crippen molar-refractivity contribution in [1.29, 1.82) is 0 Å². The summed E-state index contributed by atoms with van der Waals surface area (Å²) in [6, 6.07) is 16.3. The van der Waals surface area contributed by atoms with Gasteiger partial charge in [0.2, 0.25) is 5.91 Å². The molecule has 0 atom stereocenters. The van der Waals surface area contributed by atoms with E-state index >= 15 is 0 Å². The van der Waals surface area contributed by atoms with Gasteiger partial charge in [-0.2, -0.15) is 4.68 Å². The van der Waals surface area contributed by atoms with Crippen LogP contribution in [0.2, 0.25) is 0 Å². The summed E-state index contributed by atoms with van der Waals surface area (Å²) in [4.78, 5) is 25.1. The van der Waals surface area contributed by atoms with Gasteiger partial charge in [0.1, 0.15) is 12.3 Å². The minimum Gasteiger partial charge on any atom is -0.497 e. The van der Waals surface area contributed by atoms with Gasteiger partial charge in [0.25, 0.3) is 0 Å². The first-order chi connectivity index (χ1) is 13.1. The van der Waals surface area contributed by atoms with Gasteiger partial charge in [-0.05, 0) is 24.3 Å². The Bertz CT molecular complexity index is 988. The van der Waals surface area contributed by atoms with Gasteiger partial charge in [-0.15, -0.1) is 11.7 Å². The van der Waals surface area contributed by atoms with E-state index in [1.807, 2.05) is 30.3 Å². The zero-order valence-corrected chi connectivity index (χ0v) is 15.0. The van der Waals surface area contributed by atoms with E-state index in [0.717, 1.165) is 5.56 Å². The molecule has 138 valence electrons. The Morgan fingerprint density at radius 1 is 1.19 bits per heavy atom. The quantitative estimate of drug-likeness (QED) is 0.651. The molecule has 0 saturated carbocycles. The van der Waals surface area contributed by atoms with Crippen LogP contribution in [0.1, 0.15) is 0 Å². The molecule has 3 aromatic rings. The first-order valence-corrected chi connectivity index (χ1v) is 8.41. The molecule has 0 aliphatic heterocycles. The average Bonchev–Trinajstić information content (AvgIpc) is 3.03. The third kappa shape index (κ3) is 3.98. The highest BCUT2D eigenvalue weighted by atomic mass is 16.5. The van der Waals surface area contributed by atoms with E-state index in [9.17, 15) is 9.59 Å². The van der Waals surface area contributed by atoms with Crippen molar-refractivity contribution < 1.29 is 9.53 Å². The molecule has 3 rings (SSSR count). The van der Waals surface area contributed by atoms with Crippen LogP contribution in [-0.2, 0) is 11.3 Å². The van der Waals surface area contributed by atoms with E-state index < -0.39 is 5.69 Å².